The average molecular weight is 144 g/mol. The summed E-state index contributed by atoms with van der Waals surface area (Å²) in [6.45, 7) is 0.298. The highest BCUT2D eigenvalue weighted by Gasteiger charge is 2.26. The summed E-state index contributed by atoms with van der Waals surface area (Å²) >= 11 is 0. The molecule has 3 amide bonds. The van der Waals surface area contributed by atoms with Gasteiger partial charge < -0.3 is 5.32 Å². The Labute approximate surface area is 57.9 Å². The van der Waals surface area contributed by atoms with Gasteiger partial charge >= 0.3 is 6.03 Å². The summed E-state index contributed by atoms with van der Waals surface area (Å²) < 4.78 is 0. The molecule has 0 aliphatic carbocycles. The lowest BCUT2D eigenvalue weighted by Crippen LogP contribution is -2.37. The van der Waals surface area contributed by atoms with E-state index in [1.165, 1.54) is 7.05 Å². The molecule has 1 aliphatic rings. The van der Waals surface area contributed by atoms with Crippen molar-refractivity contribution in [3.63, 3.8) is 0 Å². The maximum Gasteiger partial charge on any atom is 0.348 e. The molecule has 0 radical (unpaired) electrons. The monoisotopic (exact) mass is 144 g/mol. The summed E-state index contributed by atoms with van der Waals surface area (Å²) in [7, 11) is 1.44. The highest BCUT2D eigenvalue weighted by atomic mass is 16.7. The first-order valence-corrected chi connectivity index (χ1v) is 2.93. The van der Waals surface area contributed by atoms with Gasteiger partial charge in [-0.2, -0.15) is 0 Å². The molecular formula is C5H8N2O3. The van der Waals surface area contributed by atoms with Crippen molar-refractivity contribution in [1.29, 1.82) is 0 Å². The Morgan fingerprint density at radius 1 is 1.80 bits per heavy atom. The second-order valence-corrected chi connectivity index (χ2v) is 1.83. The third-order valence-corrected chi connectivity index (χ3v) is 1.16. The molecule has 1 N–H and O–H groups in total. The first-order valence-electron chi connectivity index (χ1n) is 2.93. The molecule has 0 spiro atoms. The van der Waals surface area contributed by atoms with Crippen molar-refractivity contribution >= 4 is 11.9 Å². The third-order valence-electron chi connectivity index (χ3n) is 1.16. The normalized spacial score (nSPS) is 17.7. The van der Waals surface area contributed by atoms with E-state index in [4.69, 9.17) is 0 Å². The molecule has 0 atom stereocenters. The zero-order chi connectivity index (χ0) is 7.56. The van der Waals surface area contributed by atoms with E-state index in [1.807, 2.05) is 0 Å². The van der Waals surface area contributed by atoms with E-state index >= 15 is 0 Å². The fourth-order valence-electron chi connectivity index (χ4n) is 0.671. The molecule has 1 saturated heterocycles. The van der Waals surface area contributed by atoms with Gasteiger partial charge in [-0.3, -0.25) is 9.63 Å². The highest BCUT2D eigenvalue weighted by molar-refractivity contribution is 5.93. The number of carbonyl (C=O) groups excluding carboxylic acids is 2. The maximum atomic E-state index is 10.7. The lowest BCUT2D eigenvalue weighted by molar-refractivity contribution is -0.147. The number of amides is 3. The van der Waals surface area contributed by atoms with Gasteiger partial charge in [-0.15, -0.1) is 5.06 Å². The minimum absolute atomic E-state index is 0.285. The van der Waals surface area contributed by atoms with Crippen molar-refractivity contribution in [2.75, 3.05) is 13.7 Å². The zero-order valence-corrected chi connectivity index (χ0v) is 5.59. The van der Waals surface area contributed by atoms with Crippen molar-refractivity contribution in [2.45, 2.75) is 6.42 Å². The van der Waals surface area contributed by atoms with Crippen LogP contribution in [0.25, 0.3) is 0 Å². The summed E-state index contributed by atoms with van der Waals surface area (Å²) in [4.78, 5) is 26.1. The maximum absolute atomic E-state index is 10.7. The lowest BCUT2D eigenvalue weighted by Gasteiger charge is -2.09. The number of imide groups is 1. The number of urea groups is 1. The molecule has 5 nitrogen and oxygen atoms in total. The summed E-state index contributed by atoms with van der Waals surface area (Å²) in [6, 6.07) is -0.512. The molecule has 1 aliphatic heterocycles. The fraction of sp³-hybridized carbons (Fsp3) is 0.600. The summed E-state index contributed by atoms with van der Waals surface area (Å²) in [5, 5.41) is 3.01. The van der Waals surface area contributed by atoms with Gasteiger partial charge in [0.15, 0.2) is 0 Å². The van der Waals surface area contributed by atoms with E-state index in [2.05, 4.69) is 10.2 Å². The van der Waals surface area contributed by atoms with Crippen LogP contribution in [0.2, 0.25) is 0 Å². The molecule has 0 aromatic rings. The molecule has 1 rings (SSSR count). The molecule has 1 heterocycles. The molecule has 0 aromatic carbocycles. The molecule has 0 aromatic heterocycles. The predicted octanol–water partition coefficient (Wildman–Crippen LogP) is -0.510. The summed E-state index contributed by atoms with van der Waals surface area (Å²) in [5.41, 5.74) is 0. The molecule has 0 saturated carbocycles. The number of nitrogens with one attached hydrogen (secondary N) is 1. The van der Waals surface area contributed by atoms with Crippen LogP contribution in [0.4, 0.5) is 4.79 Å². The molecule has 1 fully saturated rings. The number of hydrogen-bond donors (Lipinski definition) is 1. The largest absolute Gasteiger partial charge is 0.348 e. The van der Waals surface area contributed by atoms with Crippen molar-refractivity contribution < 1.29 is 14.4 Å². The van der Waals surface area contributed by atoms with Gasteiger partial charge in [0.2, 0.25) is 0 Å². The second kappa shape index (κ2) is 2.66. The number of rotatable bonds is 0. The van der Waals surface area contributed by atoms with E-state index in [9.17, 15) is 9.59 Å². The number of hydrogen-bond acceptors (Lipinski definition) is 3. The number of nitrogens with zero attached hydrogens (tertiary/aromatic N) is 1. The quantitative estimate of drug-likeness (QED) is 0.498. The van der Waals surface area contributed by atoms with Gasteiger partial charge in [-0.25, -0.2) is 4.79 Å². The van der Waals surface area contributed by atoms with Crippen LogP contribution in [0.5, 0.6) is 0 Å². The van der Waals surface area contributed by atoms with Gasteiger partial charge in [0, 0.05) is 7.05 Å². The van der Waals surface area contributed by atoms with Gasteiger partial charge in [0.05, 0.1) is 13.0 Å². The van der Waals surface area contributed by atoms with Crippen molar-refractivity contribution in [3.05, 3.63) is 0 Å². The Morgan fingerprint density at radius 2 is 2.50 bits per heavy atom. The first-order chi connectivity index (χ1) is 4.75. The van der Waals surface area contributed by atoms with Crippen molar-refractivity contribution in [2.24, 2.45) is 0 Å². The molecule has 5 heteroatoms. The van der Waals surface area contributed by atoms with Crippen LogP contribution in [0.3, 0.4) is 0 Å². The Morgan fingerprint density at radius 3 is 2.90 bits per heavy atom. The smallest absolute Gasteiger partial charge is 0.339 e. The molecule has 10 heavy (non-hydrogen) atoms. The Kier molecular flexibility index (Phi) is 1.86. The van der Waals surface area contributed by atoms with Gasteiger partial charge in [0.1, 0.15) is 0 Å². The first kappa shape index (κ1) is 7.01. The molecular weight excluding hydrogens is 136 g/mol. The summed E-state index contributed by atoms with van der Waals surface area (Å²) in [6.07, 6.45) is 0.285. The van der Waals surface area contributed by atoms with Crippen LogP contribution < -0.4 is 5.32 Å². The predicted molar refractivity (Wildman–Crippen MR) is 31.9 cm³/mol. The Balaban J connectivity index is 2.55. The molecule has 0 unspecified atom stereocenters. The lowest BCUT2D eigenvalue weighted by atomic mass is 10.4. The fourth-order valence-corrected chi connectivity index (χ4v) is 0.671. The number of carbonyl (C=O) groups is 2. The van der Waals surface area contributed by atoms with Crippen LogP contribution in [0.15, 0.2) is 0 Å². The van der Waals surface area contributed by atoms with E-state index in [1.54, 1.807) is 0 Å². The van der Waals surface area contributed by atoms with Crippen LogP contribution in [-0.4, -0.2) is 30.7 Å². The molecule has 56 valence electrons. The standard InChI is InChI=1S/C5H8N2O3/c1-6-5(9)7-4(8)2-3-10-7/h2-3H2,1H3,(H,6,9). The van der Waals surface area contributed by atoms with Gasteiger partial charge in [-0.05, 0) is 0 Å². The Bertz CT molecular complexity index is 168. The van der Waals surface area contributed by atoms with Crippen LogP contribution in [0, 0.1) is 0 Å². The van der Waals surface area contributed by atoms with E-state index in [0.29, 0.717) is 6.61 Å². The van der Waals surface area contributed by atoms with Gasteiger partial charge in [0.25, 0.3) is 5.91 Å². The summed E-state index contributed by atoms with van der Waals surface area (Å²) in [5.74, 6) is -0.292. The molecule has 0 bridgehead atoms. The second-order valence-electron chi connectivity index (χ2n) is 1.83. The van der Waals surface area contributed by atoms with E-state index in [-0.39, 0.29) is 12.3 Å². The SMILES string of the molecule is CNC(=O)N1OCCC1=O. The topological polar surface area (TPSA) is 58.6 Å². The highest BCUT2D eigenvalue weighted by Crippen LogP contribution is 2.05. The van der Waals surface area contributed by atoms with Crippen molar-refractivity contribution in [1.82, 2.24) is 10.4 Å². The van der Waals surface area contributed by atoms with Crippen LogP contribution in [-0.2, 0) is 9.63 Å². The average Bonchev–Trinajstić information content (AvgIpc) is 2.34. The van der Waals surface area contributed by atoms with Crippen molar-refractivity contribution in [3.8, 4) is 0 Å². The van der Waals surface area contributed by atoms with Crippen LogP contribution >= 0.6 is 0 Å². The number of hydroxylamine groups is 2. The van der Waals surface area contributed by atoms with E-state index in [0.717, 1.165) is 5.06 Å². The minimum atomic E-state index is -0.512. The van der Waals surface area contributed by atoms with Gasteiger partial charge in [-0.1, -0.05) is 0 Å². The minimum Gasteiger partial charge on any atom is -0.339 e. The van der Waals surface area contributed by atoms with Crippen LogP contribution in [0.1, 0.15) is 6.42 Å². The Hall–Kier alpha value is -1.10. The zero-order valence-electron chi connectivity index (χ0n) is 5.59. The van der Waals surface area contributed by atoms with E-state index < -0.39 is 6.03 Å². The third kappa shape index (κ3) is 1.08.